The summed E-state index contributed by atoms with van der Waals surface area (Å²) in [4.78, 5) is 16.3. The van der Waals surface area contributed by atoms with Crippen molar-refractivity contribution >= 4 is 5.91 Å². The van der Waals surface area contributed by atoms with Crippen molar-refractivity contribution in [3.05, 3.63) is 53.4 Å². The lowest BCUT2D eigenvalue weighted by Crippen LogP contribution is -2.45. The quantitative estimate of drug-likeness (QED) is 0.786. The summed E-state index contributed by atoms with van der Waals surface area (Å²) in [5.74, 6) is 0.506. The fourth-order valence-corrected chi connectivity index (χ4v) is 3.52. The van der Waals surface area contributed by atoms with Gasteiger partial charge < -0.3 is 14.5 Å². The zero-order valence-corrected chi connectivity index (χ0v) is 15.5. The molecule has 1 amide bonds. The van der Waals surface area contributed by atoms with Gasteiger partial charge in [-0.05, 0) is 25.5 Å². The van der Waals surface area contributed by atoms with E-state index in [2.05, 4.69) is 22.2 Å². The van der Waals surface area contributed by atoms with Crippen molar-refractivity contribution in [3.63, 3.8) is 0 Å². The van der Waals surface area contributed by atoms with Crippen LogP contribution >= 0.6 is 0 Å². The smallest absolute Gasteiger partial charge is 0.275 e. The fraction of sp³-hybridized carbons (Fsp3) is 0.500. The van der Waals surface area contributed by atoms with Crippen molar-refractivity contribution in [2.75, 3.05) is 27.2 Å². The van der Waals surface area contributed by atoms with Gasteiger partial charge in [0, 0.05) is 31.6 Å². The molecule has 0 atom stereocenters. The van der Waals surface area contributed by atoms with E-state index in [4.69, 9.17) is 4.52 Å². The van der Waals surface area contributed by atoms with Crippen LogP contribution in [0.25, 0.3) is 0 Å². The standard InChI is InChI=1S/C20H27N3O3/c1-22(12-16-7-4-3-5-8-16)13-17-11-18(21-26-17)19(25)23(2)14-20(15-24)9-6-10-20/h3-5,7-8,11,24H,6,9-10,12-15H2,1-2H3. The van der Waals surface area contributed by atoms with Crippen LogP contribution in [-0.4, -0.2) is 53.2 Å². The molecule has 140 valence electrons. The largest absolute Gasteiger partial charge is 0.396 e. The van der Waals surface area contributed by atoms with Crippen LogP contribution in [0.5, 0.6) is 0 Å². The lowest BCUT2D eigenvalue weighted by atomic mass is 9.69. The van der Waals surface area contributed by atoms with Gasteiger partial charge in [-0.15, -0.1) is 0 Å². The average molecular weight is 357 g/mol. The molecule has 1 N–H and O–H groups in total. The number of nitrogens with zero attached hydrogens (tertiary/aromatic N) is 3. The third kappa shape index (κ3) is 4.31. The Hall–Kier alpha value is -2.18. The lowest BCUT2D eigenvalue weighted by molar-refractivity contribution is 0.0143. The average Bonchev–Trinajstić information content (AvgIpc) is 3.06. The van der Waals surface area contributed by atoms with Gasteiger partial charge in [-0.2, -0.15) is 0 Å². The maximum atomic E-state index is 12.6. The second-order valence-corrected chi connectivity index (χ2v) is 7.51. The van der Waals surface area contributed by atoms with E-state index >= 15 is 0 Å². The Labute approximate surface area is 154 Å². The highest BCUT2D eigenvalue weighted by molar-refractivity contribution is 5.92. The van der Waals surface area contributed by atoms with Gasteiger partial charge in [-0.1, -0.05) is 41.9 Å². The van der Waals surface area contributed by atoms with Crippen molar-refractivity contribution in [2.24, 2.45) is 5.41 Å². The van der Waals surface area contributed by atoms with Crippen LogP contribution in [0.15, 0.2) is 40.9 Å². The van der Waals surface area contributed by atoms with Gasteiger partial charge in [-0.25, -0.2) is 0 Å². The van der Waals surface area contributed by atoms with Gasteiger partial charge in [0.1, 0.15) is 0 Å². The molecule has 0 spiro atoms. The Bertz CT molecular complexity index is 719. The van der Waals surface area contributed by atoms with Crippen molar-refractivity contribution in [3.8, 4) is 0 Å². The summed E-state index contributed by atoms with van der Waals surface area (Å²) in [5.41, 5.74) is 1.41. The van der Waals surface area contributed by atoms with Crippen LogP contribution in [0, 0.1) is 5.41 Å². The number of aliphatic hydroxyl groups excluding tert-OH is 1. The number of carbonyl (C=O) groups excluding carboxylic acids is 1. The van der Waals surface area contributed by atoms with Gasteiger partial charge in [0.05, 0.1) is 13.2 Å². The number of benzene rings is 1. The summed E-state index contributed by atoms with van der Waals surface area (Å²) >= 11 is 0. The first-order valence-electron chi connectivity index (χ1n) is 9.06. The summed E-state index contributed by atoms with van der Waals surface area (Å²) in [5, 5.41) is 13.5. The molecular weight excluding hydrogens is 330 g/mol. The predicted octanol–water partition coefficient (Wildman–Crippen LogP) is 2.54. The Kier molecular flexibility index (Phi) is 5.74. The highest BCUT2D eigenvalue weighted by Crippen LogP contribution is 2.40. The summed E-state index contributed by atoms with van der Waals surface area (Å²) in [7, 11) is 3.76. The van der Waals surface area contributed by atoms with Crippen LogP contribution in [0.3, 0.4) is 0 Å². The molecule has 0 aliphatic heterocycles. The SMILES string of the molecule is CN(Cc1ccccc1)Cc1cc(C(=O)N(C)CC2(CO)CCC2)no1. The van der Waals surface area contributed by atoms with Crippen molar-refractivity contribution in [2.45, 2.75) is 32.4 Å². The molecule has 0 saturated heterocycles. The molecular formula is C20H27N3O3. The van der Waals surface area contributed by atoms with Crippen molar-refractivity contribution < 1.29 is 14.4 Å². The molecule has 1 fully saturated rings. The topological polar surface area (TPSA) is 69.8 Å². The number of aromatic nitrogens is 1. The van der Waals surface area contributed by atoms with Gasteiger partial charge in [0.2, 0.25) is 0 Å². The van der Waals surface area contributed by atoms with Crippen LogP contribution in [0.1, 0.15) is 41.1 Å². The molecule has 0 radical (unpaired) electrons. The van der Waals surface area contributed by atoms with E-state index in [0.29, 0.717) is 24.5 Å². The highest BCUT2D eigenvalue weighted by Gasteiger charge is 2.38. The van der Waals surface area contributed by atoms with E-state index in [1.165, 1.54) is 5.56 Å². The maximum Gasteiger partial charge on any atom is 0.275 e. The molecule has 1 saturated carbocycles. The van der Waals surface area contributed by atoms with E-state index in [-0.39, 0.29) is 17.9 Å². The Balaban J connectivity index is 1.55. The third-order valence-corrected chi connectivity index (χ3v) is 5.17. The number of amides is 1. The Morgan fingerprint density at radius 2 is 1.96 bits per heavy atom. The molecule has 6 heteroatoms. The molecule has 1 aromatic carbocycles. The number of hydrogen-bond donors (Lipinski definition) is 1. The zero-order valence-electron chi connectivity index (χ0n) is 15.5. The highest BCUT2D eigenvalue weighted by atomic mass is 16.5. The van der Waals surface area contributed by atoms with Crippen LogP contribution < -0.4 is 0 Å². The first kappa shape index (κ1) is 18.6. The van der Waals surface area contributed by atoms with Crippen LogP contribution in [0.4, 0.5) is 0 Å². The molecule has 3 rings (SSSR count). The second-order valence-electron chi connectivity index (χ2n) is 7.51. The summed E-state index contributed by atoms with van der Waals surface area (Å²) in [6, 6.07) is 11.9. The Morgan fingerprint density at radius 3 is 2.58 bits per heavy atom. The van der Waals surface area contributed by atoms with E-state index in [9.17, 15) is 9.90 Å². The first-order valence-corrected chi connectivity index (χ1v) is 9.06. The summed E-state index contributed by atoms with van der Waals surface area (Å²) in [6.45, 7) is 2.06. The Morgan fingerprint density at radius 1 is 1.23 bits per heavy atom. The van der Waals surface area contributed by atoms with Gasteiger partial charge in [0.25, 0.3) is 5.91 Å². The molecule has 6 nitrogen and oxygen atoms in total. The molecule has 1 aliphatic rings. The second kappa shape index (κ2) is 8.01. The number of carbonyl (C=O) groups is 1. The van der Waals surface area contributed by atoms with Gasteiger partial charge in [0.15, 0.2) is 11.5 Å². The van der Waals surface area contributed by atoms with Crippen LogP contribution in [-0.2, 0) is 13.1 Å². The number of hydrogen-bond acceptors (Lipinski definition) is 5. The molecule has 1 heterocycles. The van der Waals surface area contributed by atoms with E-state index in [0.717, 1.165) is 25.8 Å². The molecule has 2 aromatic rings. The van der Waals surface area contributed by atoms with Crippen LogP contribution in [0.2, 0.25) is 0 Å². The predicted molar refractivity (Wildman–Crippen MR) is 98.4 cm³/mol. The van der Waals surface area contributed by atoms with E-state index in [1.54, 1.807) is 18.0 Å². The number of aliphatic hydroxyl groups is 1. The lowest BCUT2D eigenvalue weighted by Gasteiger charge is -2.42. The minimum atomic E-state index is -0.162. The monoisotopic (exact) mass is 357 g/mol. The van der Waals surface area contributed by atoms with Gasteiger partial charge in [-0.3, -0.25) is 9.69 Å². The minimum absolute atomic E-state index is 0.124. The molecule has 1 aliphatic carbocycles. The van der Waals surface area contributed by atoms with Crippen molar-refractivity contribution in [1.29, 1.82) is 0 Å². The zero-order chi connectivity index (χ0) is 18.6. The minimum Gasteiger partial charge on any atom is -0.396 e. The van der Waals surface area contributed by atoms with E-state index < -0.39 is 0 Å². The molecule has 1 aromatic heterocycles. The molecule has 26 heavy (non-hydrogen) atoms. The molecule has 0 bridgehead atoms. The summed E-state index contributed by atoms with van der Waals surface area (Å²) in [6.07, 6.45) is 3.05. The maximum absolute atomic E-state index is 12.6. The third-order valence-electron chi connectivity index (χ3n) is 5.17. The fourth-order valence-electron chi connectivity index (χ4n) is 3.52. The first-order chi connectivity index (χ1) is 12.5. The summed E-state index contributed by atoms with van der Waals surface area (Å²) < 4.78 is 5.35. The molecule has 0 unspecified atom stereocenters. The normalized spacial score (nSPS) is 15.7. The van der Waals surface area contributed by atoms with E-state index in [1.807, 2.05) is 25.2 Å². The number of rotatable bonds is 8. The van der Waals surface area contributed by atoms with Gasteiger partial charge >= 0.3 is 0 Å². The van der Waals surface area contributed by atoms with Crippen molar-refractivity contribution in [1.82, 2.24) is 15.0 Å².